The Bertz CT molecular complexity index is 824. The van der Waals surface area contributed by atoms with Crippen LogP contribution in [-0.4, -0.2) is 42.8 Å². The molecule has 1 unspecified atom stereocenters. The van der Waals surface area contributed by atoms with Crippen molar-refractivity contribution >= 4 is 17.7 Å². The second kappa shape index (κ2) is 11.1. The summed E-state index contributed by atoms with van der Waals surface area (Å²) < 4.78 is 53.4. The molecule has 0 saturated carbocycles. The number of alkyl halides is 3. The van der Waals surface area contributed by atoms with E-state index in [0.717, 1.165) is 22.6 Å². The van der Waals surface area contributed by atoms with Gasteiger partial charge >= 0.3 is 12.1 Å². The van der Waals surface area contributed by atoms with Crippen molar-refractivity contribution in [3.05, 3.63) is 53.6 Å². The van der Waals surface area contributed by atoms with Gasteiger partial charge in [-0.05, 0) is 55.0 Å². The van der Waals surface area contributed by atoms with Gasteiger partial charge in [-0.2, -0.15) is 13.2 Å². The van der Waals surface area contributed by atoms with E-state index in [-0.39, 0.29) is 31.5 Å². The molecule has 2 aromatic rings. The first-order valence-corrected chi connectivity index (χ1v) is 10.1. The van der Waals surface area contributed by atoms with E-state index in [1.54, 1.807) is 6.07 Å². The Morgan fingerprint density at radius 1 is 1.10 bits per heavy atom. The number of benzene rings is 2. The van der Waals surface area contributed by atoms with Crippen LogP contribution in [0.2, 0.25) is 0 Å². The maximum Gasteiger partial charge on any atom is 0.416 e. The number of aryl methyl sites for hydroxylation is 1. The Morgan fingerprint density at radius 3 is 2.40 bits per heavy atom. The quantitative estimate of drug-likeness (QED) is 0.331. The SMILES string of the molecule is CC(=O)OCCOc1ccc(SCC(O)COc2ccc(C(F)(F)F)cc2)cc1C. The summed E-state index contributed by atoms with van der Waals surface area (Å²) in [6.45, 7) is 3.62. The predicted molar refractivity (Wildman–Crippen MR) is 107 cm³/mol. The Kier molecular flexibility index (Phi) is 8.86. The van der Waals surface area contributed by atoms with Crippen LogP contribution in [-0.2, 0) is 15.7 Å². The number of aliphatic hydroxyl groups is 1. The molecule has 5 nitrogen and oxygen atoms in total. The van der Waals surface area contributed by atoms with Gasteiger partial charge in [0.2, 0.25) is 0 Å². The number of hydrogen-bond donors (Lipinski definition) is 1. The average molecular weight is 444 g/mol. The van der Waals surface area contributed by atoms with E-state index in [0.29, 0.717) is 11.5 Å². The minimum absolute atomic E-state index is 0.0330. The smallest absolute Gasteiger partial charge is 0.416 e. The van der Waals surface area contributed by atoms with Gasteiger partial charge in [0, 0.05) is 17.6 Å². The van der Waals surface area contributed by atoms with Crippen molar-refractivity contribution in [2.45, 2.75) is 31.0 Å². The number of carbonyl (C=O) groups is 1. The number of halogens is 3. The molecule has 0 aromatic heterocycles. The topological polar surface area (TPSA) is 65.0 Å². The van der Waals surface area contributed by atoms with E-state index < -0.39 is 17.8 Å². The van der Waals surface area contributed by atoms with Gasteiger partial charge in [0.05, 0.1) is 11.7 Å². The third-order valence-electron chi connectivity index (χ3n) is 3.86. The van der Waals surface area contributed by atoms with Crippen molar-refractivity contribution in [2.75, 3.05) is 25.6 Å². The van der Waals surface area contributed by atoms with Crippen molar-refractivity contribution in [2.24, 2.45) is 0 Å². The normalized spacial score (nSPS) is 12.3. The van der Waals surface area contributed by atoms with E-state index in [4.69, 9.17) is 14.2 Å². The Labute approximate surface area is 177 Å². The molecular weight excluding hydrogens is 421 g/mol. The molecule has 2 aromatic carbocycles. The molecule has 0 saturated heterocycles. The van der Waals surface area contributed by atoms with Gasteiger partial charge in [-0.1, -0.05) is 0 Å². The first-order valence-electron chi connectivity index (χ1n) is 9.13. The van der Waals surface area contributed by atoms with Gasteiger partial charge in [0.15, 0.2) is 0 Å². The zero-order valence-corrected chi connectivity index (χ0v) is 17.4. The summed E-state index contributed by atoms with van der Waals surface area (Å²) >= 11 is 1.42. The summed E-state index contributed by atoms with van der Waals surface area (Å²) in [7, 11) is 0. The molecule has 0 bridgehead atoms. The first kappa shape index (κ1) is 23.9. The van der Waals surface area contributed by atoms with E-state index in [2.05, 4.69) is 0 Å². The van der Waals surface area contributed by atoms with Crippen molar-refractivity contribution in [3.8, 4) is 11.5 Å². The van der Waals surface area contributed by atoms with Crippen LogP contribution >= 0.6 is 11.8 Å². The van der Waals surface area contributed by atoms with Gasteiger partial charge in [0.25, 0.3) is 0 Å². The van der Waals surface area contributed by atoms with E-state index in [1.165, 1.54) is 30.8 Å². The molecule has 0 aliphatic heterocycles. The molecule has 30 heavy (non-hydrogen) atoms. The van der Waals surface area contributed by atoms with Crippen molar-refractivity contribution < 1.29 is 37.3 Å². The number of thioether (sulfide) groups is 1. The van der Waals surface area contributed by atoms with Crippen LogP contribution in [0.15, 0.2) is 47.4 Å². The van der Waals surface area contributed by atoms with Crippen LogP contribution in [0.3, 0.4) is 0 Å². The number of ether oxygens (including phenoxy) is 3. The monoisotopic (exact) mass is 444 g/mol. The summed E-state index contributed by atoms with van der Waals surface area (Å²) in [5, 5.41) is 10.1. The highest BCUT2D eigenvalue weighted by Crippen LogP contribution is 2.30. The number of carbonyl (C=O) groups excluding carboxylic acids is 1. The molecule has 0 aliphatic carbocycles. The minimum atomic E-state index is -4.39. The molecule has 9 heteroatoms. The summed E-state index contributed by atoms with van der Waals surface area (Å²) in [6.07, 6.45) is -5.19. The summed E-state index contributed by atoms with van der Waals surface area (Å²) in [5.74, 6) is 0.936. The van der Waals surface area contributed by atoms with Crippen LogP contribution in [0.25, 0.3) is 0 Å². The Balaban J connectivity index is 1.75. The standard InChI is InChI=1S/C21H23F3O5S/c1-14-11-19(7-8-20(14)28-10-9-27-15(2)25)30-13-17(26)12-29-18-5-3-16(4-6-18)21(22,23)24/h3-8,11,17,26H,9-10,12-13H2,1-2H3. The molecule has 0 heterocycles. The van der Waals surface area contributed by atoms with Crippen LogP contribution in [0.1, 0.15) is 18.1 Å². The highest BCUT2D eigenvalue weighted by atomic mass is 32.2. The number of hydrogen-bond acceptors (Lipinski definition) is 6. The number of rotatable bonds is 10. The van der Waals surface area contributed by atoms with Gasteiger partial charge in [0.1, 0.15) is 31.3 Å². The lowest BCUT2D eigenvalue weighted by molar-refractivity contribution is -0.141. The van der Waals surface area contributed by atoms with Crippen LogP contribution in [0, 0.1) is 6.92 Å². The largest absolute Gasteiger partial charge is 0.491 e. The van der Waals surface area contributed by atoms with Gasteiger partial charge in [-0.15, -0.1) is 11.8 Å². The molecule has 0 radical (unpaired) electrons. The molecular formula is C21H23F3O5S. The molecule has 1 N–H and O–H groups in total. The lowest BCUT2D eigenvalue weighted by Gasteiger charge is -2.14. The van der Waals surface area contributed by atoms with Crippen LogP contribution in [0.5, 0.6) is 11.5 Å². The fourth-order valence-corrected chi connectivity index (χ4v) is 3.29. The fourth-order valence-electron chi connectivity index (χ4n) is 2.38. The third-order valence-corrected chi connectivity index (χ3v) is 5.00. The van der Waals surface area contributed by atoms with Gasteiger partial charge < -0.3 is 19.3 Å². The van der Waals surface area contributed by atoms with Crippen LogP contribution in [0.4, 0.5) is 13.2 Å². The summed E-state index contributed by atoms with van der Waals surface area (Å²) in [6, 6.07) is 9.90. The molecule has 1 atom stereocenters. The maximum absolute atomic E-state index is 12.5. The molecule has 0 spiro atoms. The van der Waals surface area contributed by atoms with Crippen molar-refractivity contribution in [1.29, 1.82) is 0 Å². The number of aliphatic hydroxyl groups excluding tert-OH is 1. The van der Waals surface area contributed by atoms with E-state index in [1.807, 2.05) is 19.1 Å². The van der Waals surface area contributed by atoms with Crippen LogP contribution < -0.4 is 9.47 Å². The first-order chi connectivity index (χ1) is 14.1. The molecule has 0 amide bonds. The highest BCUT2D eigenvalue weighted by Gasteiger charge is 2.30. The van der Waals surface area contributed by atoms with E-state index >= 15 is 0 Å². The zero-order chi connectivity index (χ0) is 22.1. The number of esters is 1. The van der Waals surface area contributed by atoms with Gasteiger partial charge in [-0.3, -0.25) is 4.79 Å². The molecule has 164 valence electrons. The van der Waals surface area contributed by atoms with Crippen molar-refractivity contribution in [1.82, 2.24) is 0 Å². The van der Waals surface area contributed by atoms with Gasteiger partial charge in [-0.25, -0.2) is 0 Å². The Morgan fingerprint density at radius 2 is 1.80 bits per heavy atom. The van der Waals surface area contributed by atoms with Crippen molar-refractivity contribution in [3.63, 3.8) is 0 Å². The molecule has 0 aliphatic rings. The second-order valence-corrected chi connectivity index (χ2v) is 7.51. The average Bonchev–Trinajstić information content (AvgIpc) is 2.68. The van der Waals surface area contributed by atoms with E-state index in [9.17, 15) is 23.1 Å². The third kappa shape index (κ3) is 8.16. The predicted octanol–water partition coefficient (Wildman–Crippen LogP) is 4.49. The Hall–Kier alpha value is -2.39. The summed E-state index contributed by atoms with van der Waals surface area (Å²) in [4.78, 5) is 11.6. The lowest BCUT2D eigenvalue weighted by Crippen LogP contribution is -2.20. The highest BCUT2D eigenvalue weighted by molar-refractivity contribution is 7.99. The summed E-state index contributed by atoms with van der Waals surface area (Å²) in [5.41, 5.74) is 0.151. The maximum atomic E-state index is 12.5. The molecule has 2 rings (SSSR count). The molecule has 0 fully saturated rings. The second-order valence-electron chi connectivity index (χ2n) is 6.41. The minimum Gasteiger partial charge on any atom is -0.491 e. The fraction of sp³-hybridized carbons (Fsp3) is 0.381. The lowest BCUT2D eigenvalue weighted by atomic mass is 10.2. The zero-order valence-electron chi connectivity index (χ0n) is 16.6.